The van der Waals surface area contributed by atoms with E-state index in [9.17, 15) is 24.3 Å². The summed E-state index contributed by atoms with van der Waals surface area (Å²) < 4.78 is 0. The van der Waals surface area contributed by atoms with Gasteiger partial charge in [-0.25, -0.2) is 4.79 Å². The number of unbranched alkanes of at least 4 members (excludes halogenated alkanes) is 1. The van der Waals surface area contributed by atoms with Crippen LogP contribution in [0.1, 0.15) is 44.6 Å². The number of carboxylic acids is 1. The third-order valence-electron chi connectivity index (χ3n) is 6.29. The van der Waals surface area contributed by atoms with E-state index in [1.807, 2.05) is 24.3 Å². The quantitative estimate of drug-likeness (QED) is 0.0638. The molecule has 0 aliphatic carbocycles. The molecule has 4 unspecified atom stereocenters. The SMILES string of the molecule is CC(N)C(=O)NC(Cc1c[nH]c2ccccc12)C(=O)NC(CCCN=C(N)N)C(=O)NC(CCCCN)C(=O)O. The van der Waals surface area contributed by atoms with Gasteiger partial charge in [-0.3, -0.25) is 19.4 Å². The van der Waals surface area contributed by atoms with Gasteiger partial charge in [-0.2, -0.15) is 0 Å². The number of nitrogens with zero attached hydrogens (tertiary/aromatic N) is 1. The molecule has 40 heavy (non-hydrogen) atoms. The van der Waals surface area contributed by atoms with Crippen molar-refractivity contribution in [1.82, 2.24) is 20.9 Å². The van der Waals surface area contributed by atoms with Crippen molar-refractivity contribution < 1.29 is 24.3 Å². The Morgan fingerprint density at radius 2 is 1.55 bits per heavy atom. The Kier molecular flexibility index (Phi) is 12.9. The summed E-state index contributed by atoms with van der Waals surface area (Å²) in [5.41, 5.74) is 23.6. The van der Waals surface area contributed by atoms with Gasteiger partial charge in [-0.05, 0) is 57.2 Å². The molecule has 14 heteroatoms. The van der Waals surface area contributed by atoms with Crippen LogP contribution in [-0.4, -0.2) is 77.0 Å². The van der Waals surface area contributed by atoms with Crippen LogP contribution < -0.4 is 38.9 Å². The Morgan fingerprint density at radius 1 is 0.925 bits per heavy atom. The maximum absolute atomic E-state index is 13.5. The van der Waals surface area contributed by atoms with E-state index in [1.165, 1.54) is 6.92 Å². The molecule has 1 aromatic heterocycles. The van der Waals surface area contributed by atoms with Gasteiger partial charge in [0.05, 0.1) is 6.04 Å². The van der Waals surface area contributed by atoms with Crippen LogP contribution in [-0.2, 0) is 25.6 Å². The molecule has 4 atom stereocenters. The van der Waals surface area contributed by atoms with Crippen LogP contribution in [0.15, 0.2) is 35.5 Å². The third-order valence-corrected chi connectivity index (χ3v) is 6.29. The van der Waals surface area contributed by atoms with E-state index < -0.39 is 47.9 Å². The molecular formula is C26H41N9O5. The van der Waals surface area contributed by atoms with Gasteiger partial charge in [0, 0.05) is 30.1 Å². The molecule has 0 aliphatic heterocycles. The van der Waals surface area contributed by atoms with Crippen LogP contribution in [0.2, 0.25) is 0 Å². The predicted octanol–water partition coefficient (Wildman–Crippen LogP) is -1.22. The van der Waals surface area contributed by atoms with Crippen LogP contribution in [0.25, 0.3) is 10.9 Å². The summed E-state index contributed by atoms with van der Waals surface area (Å²) in [6.45, 7) is 2.09. The molecule has 0 aliphatic rings. The Bertz CT molecular complexity index is 1180. The Morgan fingerprint density at radius 3 is 2.20 bits per heavy atom. The van der Waals surface area contributed by atoms with E-state index in [0.29, 0.717) is 25.8 Å². The van der Waals surface area contributed by atoms with Crippen LogP contribution >= 0.6 is 0 Å². The fourth-order valence-electron chi connectivity index (χ4n) is 4.10. The number of nitrogens with one attached hydrogen (secondary N) is 4. The van der Waals surface area contributed by atoms with Crippen molar-refractivity contribution in [2.75, 3.05) is 13.1 Å². The monoisotopic (exact) mass is 559 g/mol. The molecule has 2 rings (SSSR count). The fourth-order valence-corrected chi connectivity index (χ4v) is 4.10. The summed E-state index contributed by atoms with van der Waals surface area (Å²) >= 11 is 0. The lowest BCUT2D eigenvalue weighted by atomic mass is 10.0. The molecule has 13 N–H and O–H groups in total. The number of guanidine groups is 1. The smallest absolute Gasteiger partial charge is 0.326 e. The highest BCUT2D eigenvalue weighted by atomic mass is 16.4. The number of para-hydroxylation sites is 1. The van der Waals surface area contributed by atoms with Crippen molar-refractivity contribution in [2.24, 2.45) is 27.9 Å². The minimum absolute atomic E-state index is 0.116. The maximum Gasteiger partial charge on any atom is 0.326 e. The van der Waals surface area contributed by atoms with Gasteiger partial charge in [0.2, 0.25) is 17.7 Å². The fraction of sp³-hybridized carbons (Fsp3) is 0.500. The topological polar surface area (TPSA) is 257 Å². The number of rotatable bonds is 17. The van der Waals surface area contributed by atoms with E-state index >= 15 is 0 Å². The van der Waals surface area contributed by atoms with E-state index in [2.05, 4.69) is 25.9 Å². The highest BCUT2D eigenvalue weighted by Crippen LogP contribution is 2.19. The number of benzene rings is 1. The first-order valence-electron chi connectivity index (χ1n) is 13.2. The second kappa shape index (κ2) is 16.1. The van der Waals surface area contributed by atoms with Crippen LogP contribution in [0, 0.1) is 0 Å². The van der Waals surface area contributed by atoms with Crippen LogP contribution in [0.3, 0.4) is 0 Å². The van der Waals surface area contributed by atoms with Gasteiger partial charge in [0.15, 0.2) is 5.96 Å². The zero-order valence-corrected chi connectivity index (χ0v) is 22.7. The Balaban J connectivity index is 2.26. The van der Waals surface area contributed by atoms with Gasteiger partial charge in [0.1, 0.15) is 18.1 Å². The van der Waals surface area contributed by atoms with Crippen molar-refractivity contribution in [3.8, 4) is 0 Å². The number of carbonyl (C=O) groups is 4. The molecular weight excluding hydrogens is 518 g/mol. The molecule has 2 aromatic rings. The minimum Gasteiger partial charge on any atom is -0.480 e. The number of aliphatic imine (C=N–C) groups is 1. The van der Waals surface area contributed by atoms with E-state index in [-0.39, 0.29) is 31.8 Å². The number of aromatic amines is 1. The number of amides is 3. The Hall–Kier alpha value is -4.17. The molecule has 0 radical (unpaired) electrons. The van der Waals surface area contributed by atoms with E-state index in [0.717, 1.165) is 16.5 Å². The number of aliphatic carboxylic acids is 1. The van der Waals surface area contributed by atoms with Gasteiger partial charge < -0.3 is 49.0 Å². The molecule has 14 nitrogen and oxygen atoms in total. The van der Waals surface area contributed by atoms with E-state index in [4.69, 9.17) is 22.9 Å². The zero-order chi connectivity index (χ0) is 29.7. The minimum atomic E-state index is -1.20. The summed E-state index contributed by atoms with van der Waals surface area (Å²) in [4.78, 5) is 57.9. The predicted molar refractivity (Wildman–Crippen MR) is 152 cm³/mol. The van der Waals surface area contributed by atoms with Gasteiger partial charge >= 0.3 is 5.97 Å². The number of carboxylic acid groups (broad SMARTS) is 1. The van der Waals surface area contributed by atoms with E-state index in [1.54, 1.807) is 6.20 Å². The molecule has 0 fully saturated rings. The number of nitrogens with two attached hydrogens (primary N) is 4. The zero-order valence-electron chi connectivity index (χ0n) is 22.7. The first-order valence-corrected chi connectivity index (χ1v) is 13.2. The van der Waals surface area contributed by atoms with Gasteiger partial charge in [-0.15, -0.1) is 0 Å². The summed E-state index contributed by atoms with van der Waals surface area (Å²) in [5.74, 6) is -3.16. The van der Waals surface area contributed by atoms with Gasteiger partial charge in [0.25, 0.3) is 0 Å². The lowest BCUT2D eigenvalue weighted by Gasteiger charge is -2.25. The summed E-state index contributed by atoms with van der Waals surface area (Å²) in [6, 6.07) is 3.30. The summed E-state index contributed by atoms with van der Waals surface area (Å²) in [6.07, 6.45) is 3.60. The van der Waals surface area contributed by atoms with Crippen molar-refractivity contribution in [3.63, 3.8) is 0 Å². The van der Waals surface area contributed by atoms with Crippen LogP contribution in [0.5, 0.6) is 0 Å². The number of hydrogen-bond acceptors (Lipinski definition) is 7. The molecule has 0 saturated carbocycles. The van der Waals surface area contributed by atoms with Gasteiger partial charge in [-0.1, -0.05) is 18.2 Å². The first-order chi connectivity index (χ1) is 19.0. The highest BCUT2D eigenvalue weighted by Gasteiger charge is 2.30. The van der Waals surface area contributed by atoms with Crippen molar-refractivity contribution in [1.29, 1.82) is 0 Å². The van der Waals surface area contributed by atoms with Crippen molar-refractivity contribution in [3.05, 3.63) is 36.0 Å². The molecule has 0 bridgehead atoms. The average Bonchev–Trinajstić information content (AvgIpc) is 3.31. The van der Waals surface area contributed by atoms with Crippen molar-refractivity contribution in [2.45, 2.75) is 69.6 Å². The largest absolute Gasteiger partial charge is 0.480 e. The standard InChI is InChI=1S/C26H41N9O5/c1-15(28)22(36)35-21(13-16-14-32-18-8-3-2-7-17(16)18)24(38)33-19(10-6-12-31-26(29)30)23(37)34-20(25(39)40)9-4-5-11-27/h2-3,7-8,14-15,19-21,32H,4-6,9-13,27-28H2,1H3,(H,33,38)(H,34,37)(H,35,36)(H,39,40)(H4,29,30,31). The average molecular weight is 560 g/mol. The number of H-pyrrole nitrogens is 1. The number of fused-ring (bicyclic) bond motifs is 1. The summed E-state index contributed by atoms with van der Waals surface area (Å²) in [5, 5.41) is 18.3. The Labute approximate surface area is 232 Å². The third kappa shape index (κ3) is 10.2. The normalized spacial score (nSPS) is 14.0. The molecule has 0 spiro atoms. The first kappa shape index (κ1) is 32.0. The number of aromatic nitrogens is 1. The second-order valence-corrected chi connectivity index (χ2v) is 9.61. The molecule has 1 heterocycles. The lowest BCUT2D eigenvalue weighted by Crippen LogP contribution is -2.57. The van der Waals surface area contributed by atoms with Crippen LogP contribution in [0.4, 0.5) is 0 Å². The second-order valence-electron chi connectivity index (χ2n) is 9.61. The summed E-state index contributed by atoms with van der Waals surface area (Å²) in [7, 11) is 0. The number of carbonyl (C=O) groups excluding carboxylic acids is 3. The maximum atomic E-state index is 13.5. The molecule has 3 amide bonds. The molecule has 0 saturated heterocycles. The molecule has 1 aromatic carbocycles. The van der Waals surface area contributed by atoms with Crippen molar-refractivity contribution >= 4 is 40.6 Å². The lowest BCUT2D eigenvalue weighted by molar-refractivity contribution is -0.142. The molecule has 220 valence electrons. The number of hydrogen-bond donors (Lipinski definition) is 9. The highest BCUT2D eigenvalue weighted by molar-refractivity contribution is 5.94.